The van der Waals surface area contributed by atoms with Gasteiger partial charge in [-0.05, 0) is 43.0 Å². The van der Waals surface area contributed by atoms with Crippen LogP contribution in [0.25, 0.3) is 0 Å². The van der Waals surface area contributed by atoms with E-state index in [0.29, 0.717) is 31.0 Å². The van der Waals surface area contributed by atoms with Crippen molar-refractivity contribution in [2.24, 2.45) is 0 Å². The molecule has 0 aliphatic carbocycles. The van der Waals surface area contributed by atoms with Crippen LogP contribution < -0.4 is 5.32 Å². The molecule has 2 rings (SSSR count). The number of benzene rings is 2. The van der Waals surface area contributed by atoms with Crippen LogP contribution in [0.5, 0.6) is 0 Å². The summed E-state index contributed by atoms with van der Waals surface area (Å²) in [5.41, 5.74) is 2.06. The fourth-order valence-electron chi connectivity index (χ4n) is 2.94. The number of nitrogens with zero attached hydrogens (tertiary/aromatic N) is 1. The first kappa shape index (κ1) is 22.0. The van der Waals surface area contributed by atoms with Crippen LogP contribution in [0.2, 0.25) is 5.02 Å². The molecule has 150 valence electrons. The number of unbranched alkanes of at least 4 members (excludes halogenated alkanes) is 1. The monoisotopic (exact) mass is 400 g/mol. The number of carbonyl (C=O) groups is 2. The van der Waals surface area contributed by atoms with E-state index in [1.165, 1.54) is 0 Å². The summed E-state index contributed by atoms with van der Waals surface area (Å²) in [4.78, 5) is 27.2. The molecule has 2 aromatic rings. The van der Waals surface area contributed by atoms with E-state index >= 15 is 0 Å². The number of amides is 2. The van der Waals surface area contributed by atoms with E-state index in [1.54, 1.807) is 24.0 Å². The van der Waals surface area contributed by atoms with Gasteiger partial charge in [0.2, 0.25) is 11.8 Å². The van der Waals surface area contributed by atoms with Crippen molar-refractivity contribution in [3.63, 3.8) is 0 Å². The van der Waals surface area contributed by atoms with Crippen LogP contribution in [-0.4, -0.2) is 29.3 Å². The van der Waals surface area contributed by atoms with Gasteiger partial charge < -0.3 is 10.2 Å². The molecule has 1 atom stereocenters. The number of hydrogen-bond acceptors (Lipinski definition) is 2. The minimum absolute atomic E-state index is 0.0306. The average Bonchev–Trinajstić information content (AvgIpc) is 2.72. The second-order valence-corrected chi connectivity index (χ2v) is 7.39. The Hall–Kier alpha value is -2.33. The van der Waals surface area contributed by atoms with Crippen LogP contribution in [0.1, 0.15) is 44.2 Å². The molecule has 0 fully saturated rings. The first-order chi connectivity index (χ1) is 13.5. The van der Waals surface area contributed by atoms with Crippen molar-refractivity contribution in [2.45, 2.75) is 52.1 Å². The second-order valence-electron chi connectivity index (χ2n) is 6.95. The predicted molar refractivity (Wildman–Crippen MR) is 114 cm³/mol. The lowest BCUT2D eigenvalue weighted by Crippen LogP contribution is -2.47. The molecule has 1 unspecified atom stereocenters. The van der Waals surface area contributed by atoms with E-state index in [1.807, 2.05) is 42.5 Å². The number of aryl methyl sites for hydroxylation is 1. The van der Waals surface area contributed by atoms with Crippen LogP contribution >= 0.6 is 11.6 Å². The van der Waals surface area contributed by atoms with E-state index in [4.69, 9.17) is 11.6 Å². The second kappa shape index (κ2) is 11.5. The zero-order valence-electron chi connectivity index (χ0n) is 16.7. The Morgan fingerprint density at radius 3 is 2.36 bits per heavy atom. The SMILES string of the molecule is CCCCNC(=O)C(C)N(Cc1ccc(Cl)cc1)C(=O)CCc1ccccc1. The first-order valence-corrected chi connectivity index (χ1v) is 10.2. The van der Waals surface area contributed by atoms with Crippen molar-refractivity contribution in [1.82, 2.24) is 10.2 Å². The van der Waals surface area contributed by atoms with Crippen LogP contribution in [0.3, 0.4) is 0 Å². The quantitative estimate of drug-likeness (QED) is 0.592. The molecule has 0 aliphatic heterocycles. The van der Waals surface area contributed by atoms with E-state index in [0.717, 1.165) is 24.0 Å². The molecule has 2 aromatic carbocycles. The molecule has 28 heavy (non-hydrogen) atoms. The molecule has 0 saturated carbocycles. The molecule has 0 spiro atoms. The van der Waals surface area contributed by atoms with Gasteiger partial charge in [-0.15, -0.1) is 0 Å². The zero-order chi connectivity index (χ0) is 20.4. The Balaban J connectivity index is 2.08. The first-order valence-electron chi connectivity index (χ1n) is 9.86. The minimum Gasteiger partial charge on any atom is -0.354 e. The Kier molecular flexibility index (Phi) is 9.02. The number of halogens is 1. The maximum atomic E-state index is 13.0. The molecule has 0 heterocycles. The highest BCUT2D eigenvalue weighted by Gasteiger charge is 2.25. The van der Waals surface area contributed by atoms with Gasteiger partial charge >= 0.3 is 0 Å². The molecular weight excluding hydrogens is 372 g/mol. The molecule has 5 heteroatoms. The summed E-state index contributed by atoms with van der Waals surface area (Å²) >= 11 is 5.97. The van der Waals surface area contributed by atoms with Gasteiger partial charge in [0.05, 0.1) is 0 Å². The van der Waals surface area contributed by atoms with Crippen molar-refractivity contribution in [3.05, 3.63) is 70.7 Å². The van der Waals surface area contributed by atoms with Gasteiger partial charge in [-0.1, -0.05) is 67.4 Å². The smallest absolute Gasteiger partial charge is 0.242 e. The predicted octanol–water partition coefficient (Wildman–Crippen LogP) is 4.61. The van der Waals surface area contributed by atoms with Gasteiger partial charge in [-0.3, -0.25) is 9.59 Å². The Bertz CT molecular complexity index is 747. The molecule has 0 bridgehead atoms. The number of carbonyl (C=O) groups excluding carboxylic acids is 2. The Morgan fingerprint density at radius 2 is 1.71 bits per heavy atom. The molecule has 4 nitrogen and oxygen atoms in total. The molecule has 0 saturated heterocycles. The third kappa shape index (κ3) is 7.01. The topological polar surface area (TPSA) is 49.4 Å². The summed E-state index contributed by atoms with van der Waals surface area (Å²) in [6, 6.07) is 16.8. The normalized spacial score (nSPS) is 11.7. The lowest BCUT2D eigenvalue weighted by Gasteiger charge is -2.29. The van der Waals surface area contributed by atoms with Crippen molar-refractivity contribution in [1.29, 1.82) is 0 Å². The van der Waals surface area contributed by atoms with E-state index in [9.17, 15) is 9.59 Å². The van der Waals surface area contributed by atoms with Crippen molar-refractivity contribution in [2.75, 3.05) is 6.54 Å². The van der Waals surface area contributed by atoms with E-state index < -0.39 is 6.04 Å². The van der Waals surface area contributed by atoms with Crippen LogP contribution in [-0.2, 0) is 22.6 Å². The maximum Gasteiger partial charge on any atom is 0.242 e. The minimum atomic E-state index is -0.532. The lowest BCUT2D eigenvalue weighted by molar-refractivity contribution is -0.140. The summed E-state index contributed by atoms with van der Waals surface area (Å²) in [6.45, 7) is 4.88. The lowest BCUT2D eigenvalue weighted by atomic mass is 10.1. The van der Waals surface area contributed by atoms with Crippen LogP contribution in [0.15, 0.2) is 54.6 Å². The average molecular weight is 401 g/mol. The summed E-state index contributed by atoms with van der Waals surface area (Å²) in [6.07, 6.45) is 2.96. The highest BCUT2D eigenvalue weighted by Crippen LogP contribution is 2.15. The third-order valence-corrected chi connectivity index (χ3v) is 4.99. The van der Waals surface area contributed by atoms with E-state index in [-0.39, 0.29) is 11.8 Å². The standard InChI is InChI=1S/C23H29ClN2O2/c1-3-4-16-25-23(28)18(2)26(17-20-10-13-21(24)14-11-20)22(27)15-12-19-8-6-5-7-9-19/h5-11,13-14,18H,3-4,12,15-17H2,1-2H3,(H,25,28). The van der Waals surface area contributed by atoms with Crippen LogP contribution in [0.4, 0.5) is 0 Å². The molecular formula is C23H29ClN2O2. The fourth-order valence-corrected chi connectivity index (χ4v) is 3.07. The summed E-state index contributed by atoms with van der Waals surface area (Å²) in [5, 5.41) is 3.58. The van der Waals surface area contributed by atoms with Gasteiger partial charge in [0, 0.05) is 24.5 Å². The maximum absolute atomic E-state index is 13.0. The molecule has 2 amide bonds. The number of hydrogen-bond donors (Lipinski definition) is 1. The van der Waals surface area contributed by atoms with Crippen molar-refractivity contribution in [3.8, 4) is 0 Å². The van der Waals surface area contributed by atoms with Gasteiger partial charge in [0.1, 0.15) is 6.04 Å². The number of nitrogens with one attached hydrogen (secondary N) is 1. The van der Waals surface area contributed by atoms with Crippen molar-refractivity contribution >= 4 is 23.4 Å². The fraction of sp³-hybridized carbons (Fsp3) is 0.391. The van der Waals surface area contributed by atoms with Gasteiger partial charge in [-0.25, -0.2) is 0 Å². The highest BCUT2D eigenvalue weighted by molar-refractivity contribution is 6.30. The Morgan fingerprint density at radius 1 is 1.04 bits per heavy atom. The number of rotatable bonds is 10. The van der Waals surface area contributed by atoms with Gasteiger partial charge in [0.15, 0.2) is 0 Å². The molecule has 0 aliphatic rings. The molecule has 0 aromatic heterocycles. The van der Waals surface area contributed by atoms with E-state index in [2.05, 4.69) is 12.2 Å². The Labute approximate surface area is 172 Å². The van der Waals surface area contributed by atoms with Crippen LogP contribution in [0, 0.1) is 0 Å². The zero-order valence-corrected chi connectivity index (χ0v) is 17.4. The highest BCUT2D eigenvalue weighted by atomic mass is 35.5. The molecule has 1 N–H and O–H groups in total. The molecule has 0 radical (unpaired) electrons. The summed E-state index contributed by atoms with van der Waals surface area (Å²) in [7, 11) is 0. The third-order valence-electron chi connectivity index (χ3n) is 4.73. The van der Waals surface area contributed by atoms with Crippen molar-refractivity contribution < 1.29 is 9.59 Å². The van der Waals surface area contributed by atoms with Gasteiger partial charge in [0.25, 0.3) is 0 Å². The summed E-state index contributed by atoms with van der Waals surface area (Å²) in [5.74, 6) is -0.146. The van der Waals surface area contributed by atoms with Gasteiger partial charge in [-0.2, -0.15) is 0 Å². The largest absolute Gasteiger partial charge is 0.354 e. The summed E-state index contributed by atoms with van der Waals surface area (Å²) < 4.78 is 0.